The van der Waals surface area contributed by atoms with Gasteiger partial charge in [-0.05, 0) is 34.1 Å². The first-order chi connectivity index (χ1) is 8.35. The van der Waals surface area contributed by atoms with Crippen LogP contribution in [-0.4, -0.2) is 59.0 Å². The fourth-order valence-corrected chi connectivity index (χ4v) is 2.46. The second-order valence-corrected chi connectivity index (χ2v) is 5.27. The molecule has 0 aromatic carbocycles. The molecule has 104 valence electrons. The standard InChI is InChI=1S/C13H24N2O3/c1-5-14(6-2)11(16)10(3)15-8-7-13(4,9-15)12(17)18/h10H,5-9H2,1-4H3,(H,17,18). The van der Waals surface area contributed by atoms with Crippen LogP contribution in [0.2, 0.25) is 0 Å². The average Bonchev–Trinajstić information content (AvgIpc) is 2.74. The van der Waals surface area contributed by atoms with Crippen molar-refractivity contribution in [1.29, 1.82) is 0 Å². The Morgan fingerprint density at radius 2 is 1.94 bits per heavy atom. The molecule has 1 N–H and O–H groups in total. The molecule has 0 aromatic rings. The van der Waals surface area contributed by atoms with Gasteiger partial charge in [0, 0.05) is 26.2 Å². The number of carboxylic acids is 1. The third kappa shape index (κ3) is 2.83. The van der Waals surface area contributed by atoms with Crippen LogP contribution in [0.5, 0.6) is 0 Å². The Kier molecular flexibility index (Phi) is 4.73. The minimum atomic E-state index is -0.771. The van der Waals surface area contributed by atoms with E-state index < -0.39 is 11.4 Å². The first-order valence-electron chi connectivity index (χ1n) is 6.62. The Bertz CT molecular complexity index is 328. The molecule has 0 bridgehead atoms. The molecule has 1 saturated heterocycles. The van der Waals surface area contributed by atoms with E-state index in [4.69, 9.17) is 0 Å². The van der Waals surface area contributed by atoms with Crippen molar-refractivity contribution in [3.05, 3.63) is 0 Å². The molecule has 1 rings (SSSR count). The lowest BCUT2D eigenvalue weighted by Gasteiger charge is -2.29. The van der Waals surface area contributed by atoms with E-state index >= 15 is 0 Å². The number of likely N-dealkylation sites (N-methyl/N-ethyl adjacent to an activating group) is 1. The number of likely N-dealkylation sites (tertiary alicyclic amines) is 1. The lowest BCUT2D eigenvalue weighted by Crippen LogP contribution is -2.47. The van der Waals surface area contributed by atoms with Crippen LogP contribution in [0.15, 0.2) is 0 Å². The molecule has 1 amide bonds. The molecule has 0 aromatic heterocycles. The number of carboxylic acid groups (broad SMARTS) is 1. The molecule has 18 heavy (non-hydrogen) atoms. The van der Waals surface area contributed by atoms with Crippen LogP contribution in [0.3, 0.4) is 0 Å². The van der Waals surface area contributed by atoms with E-state index in [1.807, 2.05) is 25.7 Å². The molecular weight excluding hydrogens is 232 g/mol. The van der Waals surface area contributed by atoms with E-state index in [0.717, 1.165) is 0 Å². The van der Waals surface area contributed by atoms with Crippen molar-refractivity contribution < 1.29 is 14.7 Å². The maximum atomic E-state index is 12.2. The van der Waals surface area contributed by atoms with Crippen LogP contribution >= 0.6 is 0 Å². The first-order valence-corrected chi connectivity index (χ1v) is 6.62. The number of carbonyl (C=O) groups is 2. The Morgan fingerprint density at radius 3 is 2.33 bits per heavy atom. The minimum absolute atomic E-state index is 0.0923. The van der Waals surface area contributed by atoms with Gasteiger partial charge in [-0.25, -0.2) is 0 Å². The van der Waals surface area contributed by atoms with E-state index in [-0.39, 0.29) is 11.9 Å². The van der Waals surface area contributed by atoms with Crippen molar-refractivity contribution in [2.75, 3.05) is 26.2 Å². The van der Waals surface area contributed by atoms with Crippen molar-refractivity contribution in [3.63, 3.8) is 0 Å². The quantitative estimate of drug-likeness (QED) is 0.798. The predicted octanol–water partition coefficient (Wildman–Crippen LogP) is 1.04. The number of hydrogen-bond donors (Lipinski definition) is 1. The summed E-state index contributed by atoms with van der Waals surface area (Å²) >= 11 is 0. The van der Waals surface area contributed by atoms with Crippen molar-refractivity contribution in [1.82, 2.24) is 9.80 Å². The molecule has 2 atom stereocenters. The van der Waals surface area contributed by atoms with Crippen LogP contribution in [0.25, 0.3) is 0 Å². The normalized spacial score (nSPS) is 26.0. The monoisotopic (exact) mass is 256 g/mol. The number of hydrogen-bond acceptors (Lipinski definition) is 3. The fraction of sp³-hybridized carbons (Fsp3) is 0.846. The fourth-order valence-electron chi connectivity index (χ4n) is 2.46. The van der Waals surface area contributed by atoms with E-state index in [9.17, 15) is 14.7 Å². The van der Waals surface area contributed by atoms with Crippen molar-refractivity contribution in [2.45, 2.75) is 40.2 Å². The topological polar surface area (TPSA) is 60.9 Å². The summed E-state index contributed by atoms with van der Waals surface area (Å²) in [5, 5.41) is 9.19. The molecule has 0 radical (unpaired) electrons. The average molecular weight is 256 g/mol. The van der Waals surface area contributed by atoms with Gasteiger partial charge in [-0.3, -0.25) is 14.5 Å². The summed E-state index contributed by atoms with van der Waals surface area (Å²) in [6, 6.07) is -0.230. The van der Waals surface area contributed by atoms with Crippen molar-refractivity contribution >= 4 is 11.9 Å². The van der Waals surface area contributed by atoms with Gasteiger partial charge < -0.3 is 10.0 Å². The molecule has 0 spiro atoms. The molecule has 0 saturated carbocycles. The number of carbonyl (C=O) groups excluding carboxylic acids is 1. The third-order valence-corrected chi connectivity index (χ3v) is 4.00. The Labute approximate surface area is 109 Å². The zero-order valence-electron chi connectivity index (χ0n) is 11.8. The molecule has 5 nitrogen and oxygen atoms in total. The van der Waals surface area contributed by atoms with Crippen LogP contribution < -0.4 is 0 Å². The van der Waals surface area contributed by atoms with Gasteiger partial charge in [0.25, 0.3) is 0 Å². The highest BCUT2D eigenvalue weighted by atomic mass is 16.4. The molecule has 1 heterocycles. The highest BCUT2D eigenvalue weighted by Gasteiger charge is 2.43. The summed E-state index contributed by atoms with van der Waals surface area (Å²) in [4.78, 5) is 27.2. The highest BCUT2D eigenvalue weighted by Crippen LogP contribution is 2.31. The lowest BCUT2D eigenvalue weighted by molar-refractivity contribution is -0.148. The summed E-state index contributed by atoms with van der Waals surface area (Å²) in [6.45, 7) is 10.1. The first kappa shape index (κ1) is 15.0. The van der Waals surface area contributed by atoms with Gasteiger partial charge in [0.2, 0.25) is 5.91 Å². The number of amides is 1. The Morgan fingerprint density at radius 1 is 1.39 bits per heavy atom. The number of nitrogens with zero attached hydrogens (tertiary/aromatic N) is 2. The Hall–Kier alpha value is -1.10. The summed E-state index contributed by atoms with van der Waals surface area (Å²) < 4.78 is 0. The molecule has 1 aliphatic heterocycles. The zero-order valence-corrected chi connectivity index (χ0v) is 11.8. The SMILES string of the molecule is CCN(CC)C(=O)C(C)N1CCC(C)(C(=O)O)C1. The number of rotatable bonds is 5. The van der Waals surface area contributed by atoms with Crippen molar-refractivity contribution in [2.24, 2.45) is 5.41 Å². The van der Waals surface area contributed by atoms with E-state index in [2.05, 4.69) is 0 Å². The maximum Gasteiger partial charge on any atom is 0.310 e. The van der Waals surface area contributed by atoms with Gasteiger partial charge in [-0.15, -0.1) is 0 Å². The molecular formula is C13H24N2O3. The van der Waals surface area contributed by atoms with Gasteiger partial charge in [0.1, 0.15) is 0 Å². The third-order valence-electron chi connectivity index (χ3n) is 4.00. The van der Waals surface area contributed by atoms with Gasteiger partial charge in [0.15, 0.2) is 0 Å². The maximum absolute atomic E-state index is 12.2. The van der Waals surface area contributed by atoms with E-state index in [1.54, 1.807) is 11.8 Å². The van der Waals surface area contributed by atoms with E-state index in [0.29, 0.717) is 32.6 Å². The second-order valence-electron chi connectivity index (χ2n) is 5.27. The lowest BCUT2D eigenvalue weighted by atomic mass is 9.90. The summed E-state index contributed by atoms with van der Waals surface area (Å²) in [7, 11) is 0. The molecule has 1 fully saturated rings. The smallest absolute Gasteiger partial charge is 0.310 e. The second kappa shape index (κ2) is 5.69. The molecule has 1 aliphatic rings. The summed E-state index contributed by atoms with van der Waals surface area (Å²) in [6.07, 6.45) is 0.609. The van der Waals surface area contributed by atoms with Crippen LogP contribution in [0.4, 0.5) is 0 Å². The molecule has 5 heteroatoms. The zero-order chi connectivity index (χ0) is 13.9. The van der Waals surface area contributed by atoms with Gasteiger partial charge in [-0.1, -0.05) is 0 Å². The van der Waals surface area contributed by atoms with Crippen LogP contribution in [0.1, 0.15) is 34.1 Å². The van der Waals surface area contributed by atoms with Crippen molar-refractivity contribution in [3.8, 4) is 0 Å². The molecule has 0 aliphatic carbocycles. The van der Waals surface area contributed by atoms with Gasteiger partial charge in [0.05, 0.1) is 11.5 Å². The summed E-state index contributed by atoms with van der Waals surface area (Å²) in [5.74, 6) is -0.679. The number of aliphatic carboxylic acids is 1. The van der Waals surface area contributed by atoms with Crippen LogP contribution in [-0.2, 0) is 9.59 Å². The van der Waals surface area contributed by atoms with Gasteiger partial charge in [-0.2, -0.15) is 0 Å². The van der Waals surface area contributed by atoms with Gasteiger partial charge >= 0.3 is 5.97 Å². The van der Waals surface area contributed by atoms with Crippen LogP contribution in [0, 0.1) is 5.41 Å². The Balaban J connectivity index is 2.67. The summed E-state index contributed by atoms with van der Waals surface area (Å²) in [5.41, 5.74) is -0.711. The predicted molar refractivity (Wildman–Crippen MR) is 69.3 cm³/mol. The largest absolute Gasteiger partial charge is 0.481 e. The van der Waals surface area contributed by atoms with E-state index in [1.165, 1.54) is 0 Å². The molecule has 2 unspecified atom stereocenters. The minimum Gasteiger partial charge on any atom is -0.481 e. The highest BCUT2D eigenvalue weighted by molar-refractivity contribution is 5.82.